The Balaban J connectivity index is 2.88. The standard InChI is InChI=1S/C20H30/c1-16(2)20-14-12-18(4)10-6-8-17(3)9-7-11-19(5)13-15-20/h8,10-12,14,20H,1,6-7,9,13,15H2,2-5H3/b14-12+,17-8+,18-10-,19-11-/t20-/m1/s1. The fourth-order valence-electron chi connectivity index (χ4n) is 2.42. The van der Waals surface area contributed by atoms with Crippen LogP contribution in [0, 0.1) is 5.92 Å². The van der Waals surface area contributed by atoms with Crippen LogP contribution in [0.2, 0.25) is 0 Å². The fraction of sp³-hybridized carbons (Fsp3) is 0.500. The van der Waals surface area contributed by atoms with Crippen LogP contribution in [0.3, 0.4) is 0 Å². The van der Waals surface area contributed by atoms with Crippen LogP contribution in [0.4, 0.5) is 0 Å². The predicted octanol–water partition coefficient (Wildman–Crippen LogP) is 6.54. The second kappa shape index (κ2) is 8.79. The Labute approximate surface area is 125 Å². The Morgan fingerprint density at radius 3 is 2.45 bits per heavy atom. The average Bonchev–Trinajstić information content (AvgIpc) is 2.37. The van der Waals surface area contributed by atoms with Crippen LogP contribution in [0.5, 0.6) is 0 Å². The van der Waals surface area contributed by atoms with Crippen molar-refractivity contribution in [2.24, 2.45) is 5.92 Å². The topological polar surface area (TPSA) is 0 Å². The first-order valence-electron chi connectivity index (χ1n) is 7.80. The summed E-state index contributed by atoms with van der Waals surface area (Å²) in [7, 11) is 0. The molecule has 0 bridgehead atoms. The lowest BCUT2D eigenvalue weighted by molar-refractivity contribution is 0.668. The summed E-state index contributed by atoms with van der Waals surface area (Å²) < 4.78 is 0. The van der Waals surface area contributed by atoms with Crippen LogP contribution < -0.4 is 0 Å². The number of allylic oxidation sites excluding steroid dienone is 9. The molecule has 20 heavy (non-hydrogen) atoms. The first-order valence-corrected chi connectivity index (χ1v) is 7.80. The fourth-order valence-corrected chi connectivity index (χ4v) is 2.42. The first kappa shape index (κ1) is 16.8. The van der Waals surface area contributed by atoms with Gasteiger partial charge in [0.25, 0.3) is 0 Å². The van der Waals surface area contributed by atoms with Crippen LogP contribution in [0.25, 0.3) is 0 Å². The van der Waals surface area contributed by atoms with Gasteiger partial charge in [0.05, 0.1) is 0 Å². The van der Waals surface area contributed by atoms with Crippen molar-refractivity contribution >= 4 is 0 Å². The maximum absolute atomic E-state index is 4.14. The van der Waals surface area contributed by atoms with Crippen LogP contribution in [-0.2, 0) is 0 Å². The third-order valence-electron chi connectivity index (χ3n) is 4.01. The van der Waals surface area contributed by atoms with Gasteiger partial charge in [0.15, 0.2) is 0 Å². The molecule has 0 heterocycles. The van der Waals surface area contributed by atoms with Gasteiger partial charge in [-0.2, -0.15) is 0 Å². The van der Waals surface area contributed by atoms with E-state index in [1.165, 1.54) is 48.0 Å². The Kier molecular flexibility index (Phi) is 7.36. The van der Waals surface area contributed by atoms with Gasteiger partial charge in [-0.15, -0.1) is 0 Å². The van der Waals surface area contributed by atoms with Crippen molar-refractivity contribution < 1.29 is 0 Å². The maximum Gasteiger partial charge on any atom is -0.00225 e. The molecule has 1 rings (SSSR count). The molecular weight excluding hydrogens is 240 g/mol. The number of rotatable bonds is 1. The van der Waals surface area contributed by atoms with Crippen molar-refractivity contribution in [1.29, 1.82) is 0 Å². The lowest BCUT2D eigenvalue weighted by Gasteiger charge is -2.13. The summed E-state index contributed by atoms with van der Waals surface area (Å²) in [4.78, 5) is 0. The van der Waals surface area contributed by atoms with Crippen molar-refractivity contribution in [2.45, 2.75) is 59.8 Å². The molecule has 0 N–H and O–H groups in total. The molecule has 1 aliphatic carbocycles. The normalized spacial score (nSPS) is 31.8. The SMILES string of the molecule is C=C(C)[C@@H]1/C=C/C(C)=C\C/C=C(\C)CC/C=C(/C)CC1. The van der Waals surface area contributed by atoms with E-state index in [1.54, 1.807) is 0 Å². The van der Waals surface area contributed by atoms with Gasteiger partial charge in [-0.25, -0.2) is 0 Å². The largest absolute Gasteiger partial charge is 0.0995 e. The van der Waals surface area contributed by atoms with Gasteiger partial charge in [-0.1, -0.05) is 59.3 Å². The molecule has 0 aromatic heterocycles. The summed E-state index contributed by atoms with van der Waals surface area (Å²) in [5.74, 6) is 0.502. The van der Waals surface area contributed by atoms with Gasteiger partial charge in [0.1, 0.15) is 0 Å². The Morgan fingerprint density at radius 2 is 1.75 bits per heavy atom. The van der Waals surface area contributed by atoms with Gasteiger partial charge in [-0.3, -0.25) is 0 Å². The first-order chi connectivity index (χ1) is 9.49. The van der Waals surface area contributed by atoms with E-state index >= 15 is 0 Å². The molecule has 0 nitrogen and oxygen atoms in total. The van der Waals surface area contributed by atoms with Crippen molar-refractivity contribution in [1.82, 2.24) is 0 Å². The average molecular weight is 270 g/mol. The lowest BCUT2D eigenvalue weighted by atomic mass is 9.92. The second-order valence-electron chi connectivity index (χ2n) is 6.17. The molecule has 0 spiro atoms. The third-order valence-corrected chi connectivity index (χ3v) is 4.01. The van der Waals surface area contributed by atoms with Crippen molar-refractivity contribution in [2.75, 3.05) is 0 Å². The molecule has 0 saturated carbocycles. The molecular formula is C20H30. The summed E-state index contributed by atoms with van der Waals surface area (Å²) in [5, 5.41) is 0. The van der Waals surface area contributed by atoms with Crippen LogP contribution in [0.1, 0.15) is 59.8 Å². The molecule has 110 valence electrons. The van der Waals surface area contributed by atoms with E-state index in [0.29, 0.717) is 5.92 Å². The minimum absolute atomic E-state index is 0.502. The molecule has 1 aliphatic rings. The highest BCUT2D eigenvalue weighted by Gasteiger charge is 2.06. The van der Waals surface area contributed by atoms with Crippen molar-refractivity contribution in [3.63, 3.8) is 0 Å². The zero-order valence-corrected chi connectivity index (χ0v) is 13.7. The summed E-state index contributed by atoms with van der Waals surface area (Å²) in [6, 6.07) is 0. The molecule has 0 amide bonds. The molecule has 0 saturated heterocycles. The molecule has 0 fully saturated rings. The minimum atomic E-state index is 0.502. The molecule has 0 aromatic rings. The number of hydrogen-bond acceptors (Lipinski definition) is 0. The second-order valence-corrected chi connectivity index (χ2v) is 6.17. The van der Waals surface area contributed by atoms with Crippen molar-refractivity contribution in [3.8, 4) is 0 Å². The van der Waals surface area contributed by atoms with Crippen molar-refractivity contribution in [3.05, 3.63) is 59.3 Å². The maximum atomic E-state index is 4.14. The third kappa shape index (κ3) is 6.75. The quantitative estimate of drug-likeness (QED) is 0.475. The Bertz CT molecular complexity index is 441. The molecule has 0 radical (unpaired) electrons. The highest BCUT2D eigenvalue weighted by Crippen LogP contribution is 2.21. The van der Waals surface area contributed by atoms with Gasteiger partial charge in [0.2, 0.25) is 0 Å². The van der Waals surface area contributed by atoms with Crippen LogP contribution in [-0.4, -0.2) is 0 Å². The highest BCUT2D eigenvalue weighted by atomic mass is 14.1. The molecule has 0 unspecified atom stereocenters. The van der Waals surface area contributed by atoms with Gasteiger partial charge >= 0.3 is 0 Å². The summed E-state index contributed by atoms with van der Waals surface area (Å²) in [6.07, 6.45) is 17.4. The minimum Gasteiger partial charge on any atom is -0.0995 e. The monoisotopic (exact) mass is 270 g/mol. The van der Waals surface area contributed by atoms with E-state index in [0.717, 1.165) is 6.42 Å². The van der Waals surface area contributed by atoms with E-state index in [4.69, 9.17) is 0 Å². The molecule has 0 aliphatic heterocycles. The van der Waals surface area contributed by atoms with Crippen LogP contribution >= 0.6 is 0 Å². The summed E-state index contributed by atoms with van der Waals surface area (Å²) in [5.41, 5.74) is 5.63. The van der Waals surface area contributed by atoms with Gasteiger partial charge in [0, 0.05) is 0 Å². The molecule has 0 heteroatoms. The highest BCUT2D eigenvalue weighted by molar-refractivity contribution is 5.21. The Hall–Kier alpha value is -1.30. The van der Waals surface area contributed by atoms with E-state index in [-0.39, 0.29) is 0 Å². The van der Waals surface area contributed by atoms with E-state index in [2.05, 4.69) is 64.7 Å². The smallest absolute Gasteiger partial charge is 0.00225 e. The summed E-state index contributed by atoms with van der Waals surface area (Å²) in [6.45, 7) is 13.0. The van der Waals surface area contributed by atoms with E-state index in [1.807, 2.05) is 0 Å². The molecule has 0 aromatic carbocycles. The zero-order chi connectivity index (χ0) is 15.0. The van der Waals surface area contributed by atoms with E-state index in [9.17, 15) is 0 Å². The Morgan fingerprint density at radius 1 is 1.05 bits per heavy atom. The van der Waals surface area contributed by atoms with E-state index < -0.39 is 0 Å². The van der Waals surface area contributed by atoms with Gasteiger partial charge in [-0.05, 0) is 65.7 Å². The zero-order valence-electron chi connectivity index (χ0n) is 13.7. The van der Waals surface area contributed by atoms with Gasteiger partial charge < -0.3 is 0 Å². The summed E-state index contributed by atoms with van der Waals surface area (Å²) >= 11 is 0. The number of hydrogen-bond donors (Lipinski definition) is 0. The molecule has 1 atom stereocenters. The predicted molar refractivity (Wildman–Crippen MR) is 91.8 cm³/mol. The lowest BCUT2D eigenvalue weighted by Crippen LogP contribution is -1.98. The van der Waals surface area contributed by atoms with Crippen LogP contribution in [0.15, 0.2) is 59.3 Å².